The first-order valence-electron chi connectivity index (χ1n) is 1.97. The van der Waals surface area contributed by atoms with Crippen LogP contribution in [0.15, 0.2) is 8.80 Å². The standard InChI is InChI=1S/C2N2O2S.FH2O3P/c5-1-3-7-4-2-6;1-5(2,3)4/h;(H2,2,3,4). The second-order valence-corrected chi connectivity index (χ2v) is 2.39. The molecule has 0 aliphatic heterocycles. The Morgan fingerprint density at radius 2 is 1.50 bits per heavy atom. The Morgan fingerprint density at radius 3 is 1.67 bits per heavy atom. The number of isocyanates is 2. The van der Waals surface area contributed by atoms with E-state index in [1.807, 2.05) is 0 Å². The third kappa shape index (κ3) is 60.6. The van der Waals surface area contributed by atoms with Gasteiger partial charge in [0.25, 0.3) is 0 Å². The molecule has 0 heterocycles. The lowest BCUT2D eigenvalue weighted by atomic mass is 11.7. The number of halogens is 1. The van der Waals surface area contributed by atoms with Crippen molar-refractivity contribution >= 4 is 32.2 Å². The predicted octanol–water partition coefficient (Wildman–Crippen LogP) is 0.270. The highest BCUT2D eigenvalue weighted by molar-refractivity contribution is 7.96. The number of hydrogen-bond acceptors (Lipinski definition) is 6. The van der Waals surface area contributed by atoms with E-state index in [1.165, 1.54) is 12.2 Å². The van der Waals surface area contributed by atoms with Crippen LogP contribution in [0.5, 0.6) is 0 Å². The Bertz CT molecular complexity index is 228. The van der Waals surface area contributed by atoms with Crippen LogP contribution in [0.25, 0.3) is 0 Å². The molecule has 0 rings (SSSR count). The fourth-order valence-corrected chi connectivity index (χ4v) is 0.161. The molecule has 0 radical (unpaired) electrons. The van der Waals surface area contributed by atoms with Crippen LogP contribution in [0.2, 0.25) is 0 Å². The largest absolute Gasteiger partial charge is 0.507 e. The van der Waals surface area contributed by atoms with Gasteiger partial charge in [0.2, 0.25) is 12.2 Å². The van der Waals surface area contributed by atoms with Crippen LogP contribution < -0.4 is 0 Å². The minimum Gasteiger partial charge on any atom is -0.299 e. The highest BCUT2D eigenvalue weighted by Gasteiger charge is 2.04. The van der Waals surface area contributed by atoms with Gasteiger partial charge in [-0.1, -0.05) is 0 Å². The second kappa shape index (κ2) is 8.29. The lowest BCUT2D eigenvalue weighted by Gasteiger charge is -1.77. The van der Waals surface area contributed by atoms with E-state index >= 15 is 0 Å². The van der Waals surface area contributed by atoms with Gasteiger partial charge in [-0.25, -0.2) is 14.2 Å². The Balaban J connectivity index is 0. The van der Waals surface area contributed by atoms with E-state index in [-0.39, 0.29) is 0 Å². The van der Waals surface area contributed by atoms with Gasteiger partial charge in [0.15, 0.2) is 0 Å². The smallest absolute Gasteiger partial charge is 0.299 e. The summed E-state index contributed by atoms with van der Waals surface area (Å²) in [5.74, 6) is 0. The zero-order valence-electron chi connectivity index (χ0n) is 5.25. The van der Waals surface area contributed by atoms with Gasteiger partial charge in [0.05, 0.1) is 0 Å². The molecule has 0 spiro atoms. The fraction of sp³-hybridized carbons (Fsp3) is 0. The fourth-order valence-electron chi connectivity index (χ4n) is 0.0537. The molecule has 0 fully saturated rings. The molecule has 10 heteroatoms. The molecule has 12 heavy (non-hydrogen) atoms. The van der Waals surface area contributed by atoms with Crippen molar-refractivity contribution in [2.75, 3.05) is 0 Å². The van der Waals surface area contributed by atoms with E-state index in [2.05, 4.69) is 8.80 Å². The Labute approximate surface area is 70.0 Å². The highest BCUT2D eigenvalue weighted by Crippen LogP contribution is 2.34. The molecule has 0 saturated heterocycles. The van der Waals surface area contributed by atoms with Crippen LogP contribution in [0.3, 0.4) is 0 Å². The minimum atomic E-state index is -5.14. The predicted molar refractivity (Wildman–Crippen MR) is 37.0 cm³/mol. The number of nitrogens with zero attached hydrogens (tertiary/aromatic N) is 2. The molecule has 68 valence electrons. The Morgan fingerprint density at radius 1 is 1.25 bits per heavy atom. The van der Waals surface area contributed by atoms with E-state index in [0.29, 0.717) is 12.1 Å². The maximum absolute atomic E-state index is 10.4. The third-order valence-electron chi connectivity index (χ3n) is 0.156. The number of carbonyl (C=O) groups excluding carboxylic acids is 2. The molecule has 0 aromatic carbocycles. The summed E-state index contributed by atoms with van der Waals surface area (Å²) < 4.78 is 24.7. The average Bonchev–Trinajstić information content (AvgIpc) is 1.85. The molecule has 0 aliphatic carbocycles. The molecular formula is C2H2FN2O5PS. The van der Waals surface area contributed by atoms with Crippen LogP contribution in [0.4, 0.5) is 4.20 Å². The summed E-state index contributed by atoms with van der Waals surface area (Å²) in [6.07, 6.45) is 2.34. The lowest BCUT2D eigenvalue weighted by molar-refractivity contribution is 0.322. The van der Waals surface area contributed by atoms with Gasteiger partial charge >= 0.3 is 7.91 Å². The van der Waals surface area contributed by atoms with Crippen LogP contribution in [0, 0.1) is 0 Å². The van der Waals surface area contributed by atoms with Gasteiger partial charge in [-0.05, 0) is 0 Å². The third-order valence-corrected chi connectivity index (χ3v) is 0.469. The highest BCUT2D eigenvalue weighted by atomic mass is 32.2. The summed E-state index contributed by atoms with van der Waals surface area (Å²) in [5.41, 5.74) is 0. The van der Waals surface area contributed by atoms with E-state index in [0.717, 1.165) is 0 Å². The summed E-state index contributed by atoms with van der Waals surface area (Å²) in [4.78, 5) is 32.3. The van der Waals surface area contributed by atoms with Crippen molar-refractivity contribution in [3.63, 3.8) is 0 Å². The zero-order chi connectivity index (χ0) is 10.0. The monoisotopic (exact) mass is 216 g/mol. The van der Waals surface area contributed by atoms with Crippen molar-refractivity contribution < 1.29 is 28.1 Å². The van der Waals surface area contributed by atoms with Crippen molar-refractivity contribution in [3.05, 3.63) is 0 Å². The van der Waals surface area contributed by atoms with Crippen LogP contribution in [-0.4, -0.2) is 21.9 Å². The quantitative estimate of drug-likeness (QED) is 0.296. The molecule has 0 aromatic heterocycles. The summed E-state index contributed by atoms with van der Waals surface area (Å²) in [6, 6.07) is 0. The number of rotatable bonds is 2. The van der Waals surface area contributed by atoms with Crippen molar-refractivity contribution in [2.45, 2.75) is 0 Å². The molecule has 0 saturated carbocycles. The SMILES string of the molecule is O=C=NSN=C=O.O=P(O)(O)F. The van der Waals surface area contributed by atoms with Gasteiger partial charge < -0.3 is 0 Å². The van der Waals surface area contributed by atoms with Gasteiger partial charge in [-0.2, -0.15) is 0 Å². The normalized spacial score (nSPS) is 8.25. The molecule has 0 unspecified atom stereocenters. The van der Waals surface area contributed by atoms with Crippen molar-refractivity contribution in [1.29, 1.82) is 0 Å². The van der Waals surface area contributed by atoms with Gasteiger partial charge in [-0.3, -0.25) is 9.79 Å². The van der Waals surface area contributed by atoms with Crippen molar-refractivity contribution in [2.24, 2.45) is 8.80 Å². The van der Waals surface area contributed by atoms with Crippen molar-refractivity contribution in [3.8, 4) is 0 Å². The average molecular weight is 216 g/mol. The van der Waals surface area contributed by atoms with Crippen LogP contribution in [-0.2, 0) is 14.2 Å². The van der Waals surface area contributed by atoms with E-state index in [1.54, 1.807) is 0 Å². The van der Waals surface area contributed by atoms with Crippen LogP contribution in [0.1, 0.15) is 0 Å². The van der Waals surface area contributed by atoms with Crippen LogP contribution >= 0.6 is 20.0 Å². The summed E-state index contributed by atoms with van der Waals surface area (Å²) in [5, 5.41) is 0. The first kappa shape index (κ1) is 13.8. The second-order valence-electron chi connectivity index (χ2n) is 0.920. The first-order chi connectivity index (χ1) is 5.41. The van der Waals surface area contributed by atoms with E-state index in [4.69, 9.17) is 14.4 Å². The van der Waals surface area contributed by atoms with E-state index in [9.17, 15) is 13.8 Å². The molecule has 0 atom stereocenters. The van der Waals surface area contributed by atoms with E-state index < -0.39 is 7.91 Å². The number of hydrogen-bond donors (Lipinski definition) is 2. The molecule has 0 aliphatic rings. The lowest BCUT2D eigenvalue weighted by Crippen LogP contribution is -1.56. The first-order valence-corrected chi connectivity index (χ1v) is 4.21. The molecule has 7 nitrogen and oxygen atoms in total. The summed E-state index contributed by atoms with van der Waals surface area (Å²) in [6.45, 7) is 0. The Hall–Kier alpha value is -0.810. The minimum absolute atomic E-state index is 0.456. The molecule has 0 amide bonds. The molecule has 0 aromatic rings. The molecule has 0 bridgehead atoms. The summed E-state index contributed by atoms with van der Waals surface area (Å²) in [7, 11) is -5.14. The van der Waals surface area contributed by atoms with Crippen molar-refractivity contribution in [1.82, 2.24) is 0 Å². The molecule has 2 N–H and O–H groups in total. The van der Waals surface area contributed by atoms with Gasteiger partial charge in [-0.15, -0.1) is 13.0 Å². The maximum atomic E-state index is 10.4. The zero-order valence-corrected chi connectivity index (χ0v) is 6.96. The Kier molecular flexibility index (Phi) is 9.50. The van der Waals surface area contributed by atoms with Gasteiger partial charge in [0, 0.05) is 0 Å². The maximum Gasteiger partial charge on any atom is 0.507 e. The summed E-state index contributed by atoms with van der Waals surface area (Å²) >= 11 is 0.456. The topological polar surface area (TPSA) is 116 Å². The van der Waals surface area contributed by atoms with Gasteiger partial charge in [0.1, 0.15) is 12.1 Å². The molecular weight excluding hydrogens is 214 g/mol.